The minimum Gasteiger partial charge on any atom is -0.307 e. The van der Waals surface area contributed by atoms with Gasteiger partial charge in [-0.1, -0.05) is 25.4 Å². The van der Waals surface area contributed by atoms with E-state index in [9.17, 15) is 4.79 Å². The van der Waals surface area contributed by atoms with Crippen molar-refractivity contribution < 1.29 is 4.79 Å². The van der Waals surface area contributed by atoms with Crippen LogP contribution in [0.25, 0.3) is 5.69 Å². The Morgan fingerprint density at radius 2 is 1.96 bits per heavy atom. The maximum atomic E-state index is 12.7. The van der Waals surface area contributed by atoms with Gasteiger partial charge in [0.2, 0.25) is 0 Å². The Kier molecular flexibility index (Phi) is 4.90. The van der Waals surface area contributed by atoms with Crippen LogP contribution < -0.4 is 5.32 Å². The predicted octanol–water partition coefficient (Wildman–Crippen LogP) is 4.19. The normalized spacial score (nSPS) is 12.4. The molecular weight excluding hydrogens is 338 g/mol. The molecule has 1 amide bonds. The van der Waals surface area contributed by atoms with Crippen LogP contribution in [0.3, 0.4) is 0 Å². The SMILES string of the molecule is CC(C)[C@H](C)n1nccc1NC(=O)c1cc(-n2cccn2)ccc1Cl. The summed E-state index contributed by atoms with van der Waals surface area (Å²) < 4.78 is 3.49. The lowest BCUT2D eigenvalue weighted by Crippen LogP contribution is -2.20. The predicted molar refractivity (Wildman–Crippen MR) is 98.3 cm³/mol. The van der Waals surface area contributed by atoms with E-state index >= 15 is 0 Å². The summed E-state index contributed by atoms with van der Waals surface area (Å²) >= 11 is 6.23. The monoisotopic (exact) mass is 357 g/mol. The van der Waals surface area contributed by atoms with Crippen LogP contribution >= 0.6 is 11.6 Å². The van der Waals surface area contributed by atoms with Crippen molar-refractivity contribution in [3.8, 4) is 5.69 Å². The minimum atomic E-state index is -0.281. The highest BCUT2D eigenvalue weighted by Gasteiger charge is 2.18. The second-order valence-corrected chi connectivity index (χ2v) is 6.62. The highest BCUT2D eigenvalue weighted by atomic mass is 35.5. The van der Waals surface area contributed by atoms with E-state index in [0.29, 0.717) is 22.3 Å². The summed E-state index contributed by atoms with van der Waals surface area (Å²) in [5.74, 6) is 0.755. The highest BCUT2D eigenvalue weighted by molar-refractivity contribution is 6.34. The number of amides is 1. The summed E-state index contributed by atoms with van der Waals surface area (Å²) in [6.45, 7) is 6.30. The lowest BCUT2D eigenvalue weighted by Gasteiger charge is -2.19. The van der Waals surface area contributed by atoms with E-state index < -0.39 is 0 Å². The van der Waals surface area contributed by atoms with Gasteiger partial charge in [0.05, 0.1) is 28.5 Å². The van der Waals surface area contributed by atoms with Crippen molar-refractivity contribution in [2.45, 2.75) is 26.8 Å². The van der Waals surface area contributed by atoms with E-state index in [2.05, 4.69) is 36.3 Å². The number of nitrogens with one attached hydrogen (secondary N) is 1. The lowest BCUT2D eigenvalue weighted by molar-refractivity contribution is 0.102. The molecule has 7 heteroatoms. The first-order valence-electron chi connectivity index (χ1n) is 8.12. The molecule has 0 bridgehead atoms. The van der Waals surface area contributed by atoms with Gasteiger partial charge in [-0.15, -0.1) is 0 Å². The van der Waals surface area contributed by atoms with E-state index in [-0.39, 0.29) is 11.9 Å². The zero-order chi connectivity index (χ0) is 18.0. The molecule has 6 nitrogen and oxygen atoms in total. The topological polar surface area (TPSA) is 64.7 Å². The second-order valence-electron chi connectivity index (χ2n) is 6.21. The first kappa shape index (κ1) is 17.2. The Hall–Kier alpha value is -2.60. The number of aromatic nitrogens is 4. The molecule has 1 aromatic carbocycles. The molecule has 0 aliphatic rings. The van der Waals surface area contributed by atoms with Gasteiger partial charge < -0.3 is 5.32 Å². The van der Waals surface area contributed by atoms with Crippen molar-refractivity contribution in [1.29, 1.82) is 0 Å². The third-order valence-electron chi connectivity index (χ3n) is 4.23. The third kappa shape index (κ3) is 3.58. The molecule has 2 aromatic heterocycles. The van der Waals surface area contributed by atoms with E-state index in [0.717, 1.165) is 5.69 Å². The van der Waals surface area contributed by atoms with Gasteiger partial charge in [-0.2, -0.15) is 10.2 Å². The fourth-order valence-electron chi connectivity index (χ4n) is 2.46. The first-order valence-corrected chi connectivity index (χ1v) is 8.49. The van der Waals surface area contributed by atoms with E-state index in [1.54, 1.807) is 35.3 Å². The average molecular weight is 358 g/mol. The standard InChI is InChI=1S/C18H20ClN5O/c1-12(2)13(3)24-17(7-9-21-24)22-18(25)15-11-14(5-6-16(15)19)23-10-4-8-20-23/h4-13H,1-3H3,(H,22,25)/t13-/m0/s1. The van der Waals surface area contributed by atoms with Crippen molar-refractivity contribution in [3.63, 3.8) is 0 Å². The Labute approximate surface area is 151 Å². The first-order chi connectivity index (χ1) is 12.0. The van der Waals surface area contributed by atoms with Crippen LogP contribution in [-0.2, 0) is 0 Å². The van der Waals surface area contributed by atoms with Gasteiger partial charge in [0.15, 0.2) is 0 Å². The Balaban J connectivity index is 1.87. The fourth-order valence-corrected chi connectivity index (χ4v) is 2.66. The maximum Gasteiger partial charge on any atom is 0.258 e. The number of benzene rings is 1. The number of carbonyl (C=O) groups excluding carboxylic acids is 1. The van der Waals surface area contributed by atoms with Crippen LogP contribution in [-0.4, -0.2) is 25.5 Å². The zero-order valence-corrected chi connectivity index (χ0v) is 15.1. The Morgan fingerprint density at radius 1 is 1.16 bits per heavy atom. The number of carbonyl (C=O) groups is 1. The summed E-state index contributed by atoms with van der Waals surface area (Å²) in [5.41, 5.74) is 1.16. The van der Waals surface area contributed by atoms with Crippen LogP contribution in [0.1, 0.15) is 37.2 Å². The average Bonchev–Trinajstić information content (AvgIpc) is 3.26. The van der Waals surface area contributed by atoms with Crippen LogP contribution in [0.4, 0.5) is 5.82 Å². The van der Waals surface area contributed by atoms with E-state index in [1.165, 1.54) is 0 Å². The molecule has 0 radical (unpaired) electrons. The van der Waals surface area contributed by atoms with Gasteiger partial charge in [-0.25, -0.2) is 9.36 Å². The molecule has 0 fully saturated rings. The zero-order valence-electron chi connectivity index (χ0n) is 14.3. The van der Waals surface area contributed by atoms with Crippen molar-refractivity contribution in [1.82, 2.24) is 19.6 Å². The summed E-state index contributed by atoms with van der Waals surface area (Å²) in [5, 5.41) is 11.8. The smallest absolute Gasteiger partial charge is 0.258 e. The molecule has 2 heterocycles. The molecule has 3 aromatic rings. The van der Waals surface area contributed by atoms with Crippen LogP contribution in [0.2, 0.25) is 5.02 Å². The summed E-state index contributed by atoms with van der Waals surface area (Å²) in [6, 6.07) is 8.99. The second kappa shape index (κ2) is 7.11. The summed E-state index contributed by atoms with van der Waals surface area (Å²) in [7, 11) is 0. The van der Waals surface area contributed by atoms with Crippen molar-refractivity contribution in [2.75, 3.05) is 5.32 Å². The number of anilines is 1. The molecule has 0 aliphatic carbocycles. The largest absolute Gasteiger partial charge is 0.307 e. The molecule has 0 aliphatic heterocycles. The minimum absolute atomic E-state index is 0.163. The van der Waals surface area contributed by atoms with Gasteiger partial charge in [0, 0.05) is 18.5 Å². The van der Waals surface area contributed by atoms with Gasteiger partial charge in [0.1, 0.15) is 5.82 Å². The molecule has 130 valence electrons. The number of nitrogens with zero attached hydrogens (tertiary/aromatic N) is 4. The van der Waals surface area contributed by atoms with E-state index in [4.69, 9.17) is 11.6 Å². The number of hydrogen-bond acceptors (Lipinski definition) is 3. The van der Waals surface area contributed by atoms with Crippen LogP contribution in [0, 0.1) is 5.92 Å². The molecule has 25 heavy (non-hydrogen) atoms. The third-order valence-corrected chi connectivity index (χ3v) is 4.56. The quantitative estimate of drug-likeness (QED) is 0.744. The van der Waals surface area contributed by atoms with Crippen LogP contribution in [0.15, 0.2) is 48.9 Å². The summed E-state index contributed by atoms with van der Waals surface area (Å²) in [4.78, 5) is 12.7. The van der Waals surface area contributed by atoms with Gasteiger partial charge >= 0.3 is 0 Å². The van der Waals surface area contributed by atoms with Gasteiger partial charge in [-0.3, -0.25) is 4.79 Å². The molecule has 0 saturated heterocycles. The molecule has 0 spiro atoms. The Bertz CT molecular complexity index is 869. The highest BCUT2D eigenvalue weighted by Crippen LogP contribution is 2.24. The maximum absolute atomic E-state index is 12.7. The van der Waals surface area contributed by atoms with Crippen molar-refractivity contribution >= 4 is 23.3 Å². The molecule has 1 atom stereocenters. The number of halogens is 1. The Morgan fingerprint density at radius 3 is 2.64 bits per heavy atom. The van der Waals surface area contributed by atoms with Crippen molar-refractivity contribution in [2.24, 2.45) is 5.92 Å². The van der Waals surface area contributed by atoms with Crippen molar-refractivity contribution in [3.05, 3.63) is 59.5 Å². The number of hydrogen-bond donors (Lipinski definition) is 1. The summed E-state index contributed by atoms with van der Waals surface area (Å²) in [6.07, 6.45) is 5.17. The number of rotatable bonds is 5. The van der Waals surface area contributed by atoms with Gasteiger partial charge in [-0.05, 0) is 37.1 Å². The van der Waals surface area contributed by atoms with Gasteiger partial charge in [0.25, 0.3) is 5.91 Å². The molecule has 1 N–H and O–H groups in total. The van der Waals surface area contributed by atoms with E-state index in [1.807, 2.05) is 23.0 Å². The van der Waals surface area contributed by atoms with Crippen LogP contribution in [0.5, 0.6) is 0 Å². The fraction of sp³-hybridized carbons (Fsp3) is 0.278. The lowest BCUT2D eigenvalue weighted by atomic mass is 10.1. The molecule has 3 rings (SSSR count). The molecule has 0 unspecified atom stereocenters. The molecule has 0 saturated carbocycles. The molecular formula is C18H20ClN5O.